The van der Waals surface area contributed by atoms with Crippen LogP contribution in [0.5, 0.6) is 11.5 Å². The number of nitrogens with zero attached hydrogens (tertiary/aromatic N) is 2. The number of benzene rings is 1. The second kappa shape index (κ2) is 7.64. The number of piperazine rings is 1. The molecule has 1 aromatic rings. The maximum Gasteiger partial charge on any atom is 0.165 e. The van der Waals surface area contributed by atoms with Crippen LogP contribution in [0.1, 0.15) is 18.5 Å². The maximum atomic E-state index is 6.07. The molecule has 0 aliphatic carbocycles. The molecule has 5 nitrogen and oxygen atoms in total. The molecule has 1 aromatic carbocycles. The molecule has 2 N–H and O–H groups in total. The summed E-state index contributed by atoms with van der Waals surface area (Å²) in [6, 6.07) is 6.19. The highest BCUT2D eigenvalue weighted by Gasteiger charge is 2.26. The van der Waals surface area contributed by atoms with Crippen LogP contribution in [0.25, 0.3) is 0 Å². The van der Waals surface area contributed by atoms with E-state index in [1.807, 2.05) is 12.1 Å². The van der Waals surface area contributed by atoms with E-state index >= 15 is 0 Å². The van der Waals surface area contributed by atoms with Crippen molar-refractivity contribution in [2.24, 2.45) is 5.73 Å². The van der Waals surface area contributed by atoms with Gasteiger partial charge in [0.05, 0.1) is 20.3 Å². The van der Waals surface area contributed by atoms with Crippen molar-refractivity contribution in [3.05, 3.63) is 23.8 Å². The Morgan fingerprint density at radius 2 is 1.86 bits per heavy atom. The van der Waals surface area contributed by atoms with Crippen LogP contribution in [0.15, 0.2) is 18.2 Å². The highest BCUT2D eigenvalue weighted by molar-refractivity contribution is 5.48. The Morgan fingerprint density at radius 3 is 2.38 bits per heavy atom. The molecular formula is C16H27N3O2. The van der Waals surface area contributed by atoms with Gasteiger partial charge in [0.15, 0.2) is 11.5 Å². The molecule has 1 aliphatic heterocycles. The molecule has 0 bridgehead atoms. The van der Waals surface area contributed by atoms with E-state index in [1.54, 1.807) is 14.2 Å². The summed E-state index contributed by atoms with van der Waals surface area (Å²) in [7, 11) is 3.35. The van der Waals surface area contributed by atoms with E-state index in [1.165, 1.54) is 0 Å². The zero-order valence-electron chi connectivity index (χ0n) is 13.3. The standard InChI is InChI=1S/C16H27N3O2/c1-4-18-8-10-19(11-9-18)14(12-17)13-6-5-7-15(20-2)16(13)21-3/h5-7,14H,4,8-12,17H2,1-3H3. The van der Waals surface area contributed by atoms with Gasteiger partial charge in [0, 0.05) is 38.3 Å². The number of para-hydroxylation sites is 1. The third-order valence-electron chi connectivity index (χ3n) is 4.31. The van der Waals surface area contributed by atoms with Crippen molar-refractivity contribution in [2.45, 2.75) is 13.0 Å². The van der Waals surface area contributed by atoms with Crippen molar-refractivity contribution >= 4 is 0 Å². The van der Waals surface area contributed by atoms with Gasteiger partial charge >= 0.3 is 0 Å². The van der Waals surface area contributed by atoms with Crippen LogP contribution >= 0.6 is 0 Å². The predicted octanol–water partition coefficient (Wildman–Crippen LogP) is 1.34. The Bertz CT molecular complexity index is 445. The third-order valence-corrected chi connectivity index (χ3v) is 4.31. The van der Waals surface area contributed by atoms with Crippen molar-refractivity contribution in [3.63, 3.8) is 0 Å². The van der Waals surface area contributed by atoms with E-state index in [-0.39, 0.29) is 6.04 Å². The van der Waals surface area contributed by atoms with Gasteiger partial charge in [-0.1, -0.05) is 19.1 Å². The highest BCUT2D eigenvalue weighted by atomic mass is 16.5. The Kier molecular flexibility index (Phi) is 5.85. The molecule has 0 saturated carbocycles. The lowest BCUT2D eigenvalue weighted by atomic mass is 10.0. The van der Waals surface area contributed by atoms with E-state index in [2.05, 4.69) is 22.8 Å². The molecule has 1 atom stereocenters. The van der Waals surface area contributed by atoms with E-state index in [0.29, 0.717) is 6.54 Å². The average molecular weight is 293 g/mol. The van der Waals surface area contributed by atoms with Gasteiger partial charge in [0.1, 0.15) is 0 Å². The molecule has 0 spiro atoms. The van der Waals surface area contributed by atoms with Crippen molar-refractivity contribution in [1.82, 2.24) is 9.80 Å². The SMILES string of the molecule is CCN1CCN(C(CN)c2cccc(OC)c2OC)CC1. The zero-order chi connectivity index (χ0) is 15.2. The minimum atomic E-state index is 0.175. The van der Waals surface area contributed by atoms with Crippen molar-refractivity contribution in [1.29, 1.82) is 0 Å². The van der Waals surface area contributed by atoms with Crippen molar-refractivity contribution in [2.75, 3.05) is 53.5 Å². The van der Waals surface area contributed by atoms with E-state index in [9.17, 15) is 0 Å². The molecule has 21 heavy (non-hydrogen) atoms. The maximum absolute atomic E-state index is 6.07. The summed E-state index contributed by atoms with van der Waals surface area (Å²) in [5.41, 5.74) is 7.18. The normalized spacial score (nSPS) is 18.5. The van der Waals surface area contributed by atoms with Gasteiger partial charge in [-0.2, -0.15) is 0 Å². The topological polar surface area (TPSA) is 51.0 Å². The van der Waals surface area contributed by atoms with Crippen LogP contribution < -0.4 is 15.2 Å². The number of rotatable bonds is 6. The average Bonchev–Trinajstić information content (AvgIpc) is 2.55. The quantitative estimate of drug-likeness (QED) is 0.858. The van der Waals surface area contributed by atoms with Gasteiger partial charge < -0.3 is 20.1 Å². The summed E-state index contributed by atoms with van der Waals surface area (Å²) in [5, 5.41) is 0. The largest absolute Gasteiger partial charge is 0.493 e. The Morgan fingerprint density at radius 1 is 1.14 bits per heavy atom. The molecular weight excluding hydrogens is 266 g/mol. The van der Waals surface area contributed by atoms with Gasteiger partial charge in [-0.15, -0.1) is 0 Å². The monoisotopic (exact) mass is 293 g/mol. The minimum absolute atomic E-state index is 0.175. The molecule has 1 aliphatic rings. The van der Waals surface area contributed by atoms with Crippen LogP contribution in [-0.4, -0.2) is 63.3 Å². The van der Waals surface area contributed by atoms with Gasteiger partial charge in [0.25, 0.3) is 0 Å². The molecule has 5 heteroatoms. The van der Waals surface area contributed by atoms with Crippen molar-refractivity contribution < 1.29 is 9.47 Å². The Labute approximate surface area is 127 Å². The molecule has 1 fully saturated rings. The molecule has 1 saturated heterocycles. The number of hydrogen-bond donors (Lipinski definition) is 1. The molecule has 0 radical (unpaired) electrons. The number of ether oxygens (including phenoxy) is 2. The second-order valence-corrected chi connectivity index (χ2v) is 5.30. The van der Waals surface area contributed by atoms with E-state index in [4.69, 9.17) is 15.2 Å². The first kappa shape index (κ1) is 16.1. The van der Waals surface area contributed by atoms with Crippen LogP contribution in [0, 0.1) is 0 Å². The van der Waals surface area contributed by atoms with Crippen LogP contribution in [0.2, 0.25) is 0 Å². The fraction of sp³-hybridized carbons (Fsp3) is 0.625. The number of nitrogens with two attached hydrogens (primary N) is 1. The lowest BCUT2D eigenvalue weighted by Crippen LogP contribution is -2.48. The molecule has 0 amide bonds. The number of likely N-dealkylation sites (N-methyl/N-ethyl adjacent to an activating group) is 1. The van der Waals surface area contributed by atoms with Crippen LogP contribution in [0.4, 0.5) is 0 Å². The second-order valence-electron chi connectivity index (χ2n) is 5.30. The molecule has 1 heterocycles. The van der Waals surface area contributed by atoms with Gasteiger partial charge in [-0.3, -0.25) is 4.90 Å². The minimum Gasteiger partial charge on any atom is -0.493 e. The summed E-state index contributed by atoms with van der Waals surface area (Å²) in [6.07, 6.45) is 0. The molecule has 1 unspecified atom stereocenters. The van der Waals surface area contributed by atoms with E-state index in [0.717, 1.165) is 49.8 Å². The summed E-state index contributed by atoms with van der Waals surface area (Å²) >= 11 is 0. The highest BCUT2D eigenvalue weighted by Crippen LogP contribution is 2.36. The fourth-order valence-corrected chi connectivity index (χ4v) is 3.04. The summed E-state index contributed by atoms with van der Waals surface area (Å²) in [6.45, 7) is 8.17. The number of methoxy groups -OCH3 is 2. The predicted molar refractivity (Wildman–Crippen MR) is 85.0 cm³/mol. The summed E-state index contributed by atoms with van der Waals surface area (Å²) in [5.74, 6) is 1.56. The van der Waals surface area contributed by atoms with Crippen LogP contribution in [0.3, 0.4) is 0 Å². The zero-order valence-corrected chi connectivity index (χ0v) is 13.3. The summed E-state index contributed by atoms with van der Waals surface area (Å²) < 4.78 is 11.0. The fourth-order valence-electron chi connectivity index (χ4n) is 3.04. The number of hydrogen-bond acceptors (Lipinski definition) is 5. The lowest BCUT2D eigenvalue weighted by Gasteiger charge is -2.39. The first-order valence-corrected chi connectivity index (χ1v) is 7.62. The summed E-state index contributed by atoms with van der Waals surface area (Å²) in [4.78, 5) is 4.91. The van der Waals surface area contributed by atoms with E-state index < -0.39 is 0 Å². The van der Waals surface area contributed by atoms with Gasteiger partial charge in [-0.25, -0.2) is 0 Å². The lowest BCUT2D eigenvalue weighted by molar-refractivity contribution is 0.101. The first-order chi connectivity index (χ1) is 10.2. The Balaban J connectivity index is 2.22. The third kappa shape index (κ3) is 3.48. The van der Waals surface area contributed by atoms with Gasteiger partial charge in [-0.05, 0) is 12.6 Å². The Hall–Kier alpha value is -1.30. The van der Waals surface area contributed by atoms with Crippen molar-refractivity contribution in [3.8, 4) is 11.5 Å². The first-order valence-electron chi connectivity index (χ1n) is 7.62. The molecule has 2 rings (SSSR count). The van der Waals surface area contributed by atoms with Gasteiger partial charge in [0.2, 0.25) is 0 Å². The molecule has 118 valence electrons. The van der Waals surface area contributed by atoms with Crippen LogP contribution in [-0.2, 0) is 0 Å². The molecule has 0 aromatic heterocycles. The smallest absolute Gasteiger partial charge is 0.165 e.